The van der Waals surface area contributed by atoms with Crippen LogP contribution < -0.4 is 0 Å². The van der Waals surface area contributed by atoms with Gasteiger partial charge in [-0.2, -0.15) is 0 Å². The molecule has 0 unspecified atom stereocenters. The fourth-order valence-electron chi connectivity index (χ4n) is 0.880. The van der Waals surface area contributed by atoms with E-state index in [-0.39, 0.29) is 0 Å². The second-order valence-electron chi connectivity index (χ2n) is 2.75. The number of nitrogens with zero attached hydrogens (tertiary/aromatic N) is 2. The Labute approximate surface area is 89.8 Å². The first-order chi connectivity index (χ1) is 6.65. The molecule has 0 aliphatic heterocycles. The maximum absolute atomic E-state index is 11.3. The van der Waals surface area contributed by atoms with E-state index < -0.39 is 6.09 Å². The molecule has 4 nitrogen and oxygen atoms in total. The topological polar surface area (TPSA) is 41.9 Å². The van der Waals surface area contributed by atoms with Gasteiger partial charge in [-0.1, -0.05) is 23.7 Å². The number of amides is 1. The fourth-order valence-corrected chi connectivity index (χ4v) is 1.10. The van der Waals surface area contributed by atoms with Crippen LogP contribution in [0.4, 0.5) is 4.79 Å². The minimum Gasteiger partial charge on any atom is -0.307 e. The Hall–Kier alpha value is -0.770. The van der Waals surface area contributed by atoms with Crippen LogP contribution in [0.1, 0.15) is 33.6 Å². The first-order valence-corrected chi connectivity index (χ1v) is 5.21. The third-order valence-electron chi connectivity index (χ3n) is 1.70. The molecule has 82 valence electrons. The van der Waals surface area contributed by atoms with Crippen LogP contribution in [0.5, 0.6) is 0 Å². The number of hydrogen-bond acceptors (Lipinski definition) is 3. The second-order valence-corrected chi connectivity index (χ2v) is 3.18. The van der Waals surface area contributed by atoms with Crippen molar-refractivity contribution in [2.45, 2.75) is 33.6 Å². The molecule has 0 fully saturated rings. The minimum atomic E-state index is -0.454. The number of oxime groups is 1. The van der Waals surface area contributed by atoms with E-state index in [9.17, 15) is 4.79 Å². The normalized spacial score (nSPS) is 11.3. The van der Waals surface area contributed by atoms with Gasteiger partial charge in [0.15, 0.2) is 0 Å². The van der Waals surface area contributed by atoms with Crippen LogP contribution >= 0.6 is 11.6 Å². The summed E-state index contributed by atoms with van der Waals surface area (Å²) in [4.78, 5) is 17.4. The number of hydrogen-bond donors (Lipinski definition) is 0. The lowest BCUT2D eigenvalue weighted by Gasteiger charge is -2.15. The van der Waals surface area contributed by atoms with Gasteiger partial charge >= 0.3 is 6.09 Å². The maximum atomic E-state index is 11.3. The average Bonchev–Trinajstić information content (AvgIpc) is 2.17. The molecular weight excluding hydrogens is 204 g/mol. The second kappa shape index (κ2) is 7.62. The molecular formula is C9H17ClN2O2. The van der Waals surface area contributed by atoms with Crippen LogP contribution in [0.25, 0.3) is 0 Å². The fraction of sp³-hybridized carbons (Fsp3) is 0.778. The Kier molecular flexibility index (Phi) is 7.20. The number of carbonyl (C=O) groups is 1. The Morgan fingerprint density at radius 1 is 1.36 bits per heavy atom. The average molecular weight is 221 g/mol. The summed E-state index contributed by atoms with van der Waals surface area (Å²) >= 11 is 5.67. The van der Waals surface area contributed by atoms with Gasteiger partial charge in [-0.05, 0) is 20.3 Å². The smallest absolute Gasteiger partial charge is 0.307 e. The largest absolute Gasteiger partial charge is 0.435 e. The van der Waals surface area contributed by atoms with Gasteiger partial charge in [-0.25, -0.2) is 4.79 Å². The molecule has 5 heteroatoms. The quantitative estimate of drug-likeness (QED) is 0.406. The lowest BCUT2D eigenvalue weighted by molar-refractivity contribution is 0.109. The molecule has 0 bridgehead atoms. The predicted molar refractivity (Wildman–Crippen MR) is 57.6 cm³/mol. The van der Waals surface area contributed by atoms with Crippen LogP contribution in [-0.2, 0) is 4.84 Å². The van der Waals surface area contributed by atoms with E-state index in [0.717, 1.165) is 6.42 Å². The molecule has 0 heterocycles. The van der Waals surface area contributed by atoms with Crippen molar-refractivity contribution in [2.24, 2.45) is 5.16 Å². The number of halogens is 1. The molecule has 0 aromatic rings. The lowest BCUT2D eigenvalue weighted by Crippen LogP contribution is -2.30. The third kappa shape index (κ3) is 5.07. The molecule has 0 rings (SSSR count). The van der Waals surface area contributed by atoms with Crippen LogP contribution in [-0.4, -0.2) is 29.3 Å². The molecule has 0 saturated carbocycles. The monoisotopic (exact) mass is 220 g/mol. The molecule has 1 amide bonds. The Morgan fingerprint density at radius 3 is 2.36 bits per heavy atom. The Balaban J connectivity index is 3.99. The van der Waals surface area contributed by atoms with Gasteiger partial charge in [0.25, 0.3) is 0 Å². The highest BCUT2D eigenvalue weighted by atomic mass is 35.5. The highest BCUT2D eigenvalue weighted by Crippen LogP contribution is 2.00. The molecule has 14 heavy (non-hydrogen) atoms. The number of rotatable bonds is 5. The van der Waals surface area contributed by atoms with E-state index in [2.05, 4.69) is 9.99 Å². The highest BCUT2D eigenvalue weighted by molar-refractivity contribution is 6.65. The minimum absolute atomic E-state index is 0.327. The Bertz CT molecular complexity index is 203. The standard InChI is InChI=1S/C9H17ClN2O2/c1-4-7-8(10)11-14-9(13)12(5-2)6-3/h4-7H2,1-3H3/b11-8+. The number of carbonyl (C=O) groups excluding carboxylic acids is 1. The summed E-state index contributed by atoms with van der Waals surface area (Å²) in [7, 11) is 0. The van der Waals surface area contributed by atoms with E-state index in [4.69, 9.17) is 11.6 Å². The molecule has 0 spiro atoms. The SMILES string of the molecule is CCC/C(Cl)=N\OC(=O)N(CC)CC. The van der Waals surface area contributed by atoms with Crippen molar-refractivity contribution in [3.05, 3.63) is 0 Å². The summed E-state index contributed by atoms with van der Waals surface area (Å²) < 4.78 is 0. The van der Waals surface area contributed by atoms with Crippen molar-refractivity contribution >= 4 is 22.9 Å². The molecule has 0 atom stereocenters. The van der Waals surface area contributed by atoms with Gasteiger partial charge in [-0.3, -0.25) is 4.84 Å². The van der Waals surface area contributed by atoms with Gasteiger partial charge in [0, 0.05) is 19.5 Å². The highest BCUT2D eigenvalue weighted by Gasteiger charge is 2.10. The zero-order chi connectivity index (χ0) is 11.0. The molecule has 0 aromatic carbocycles. The summed E-state index contributed by atoms with van der Waals surface area (Å²) in [5.74, 6) is 0. The van der Waals surface area contributed by atoms with Crippen molar-refractivity contribution in [2.75, 3.05) is 13.1 Å². The van der Waals surface area contributed by atoms with Crippen molar-refractivity contribution in [1.82, 2.24) is 4.90 Å². The van der Waals surface area contributed by atoms with Gasteiger partial charge in [-0.15, -0.1) is 0 Å². The first kappa shape index (κ1) is 13.2. The molecule has 0 saturated heterocycles. The summed E-state index contributed by atoms with van der Waals surface area (Å²) in [5, 5.41) is 3.85. The predicted octanol–water partition coefficient (Wildman–Crippen LogP) is 2.82. The van der Waals surface area contributed by atoms with Crippen LogP contribution in [0, 0.1) is 0 Å². The van der Waals surface area contributed by atoms with Crippen molar-refractivity contribution in [3.8, 4) is 0 Å². The molecule has 0 radical (unpaired) electrons. The van der Waals surface area contributed by atoms with Gasteiger partial charge in [0.2, 0.25) is 0 Å². The maximum Gasteiger partial charge on any atom is 0.435 e. The van der Waals surface area contributed by atoms with E-state index in [1.807, 2.05) is 20.8 Å². The molecule has 0 aliphatic carbocycles. The van der Waals surface area contributed by atoms with Crippen molar-refractivity contribution in [1.29, 1.82) is 0 Å². The summed E-state index contributed by atoms with van der Waals surface area (Å²) in [6.45, 7) is 6.95. The van der Waals surface area contributed by atoms with Gasteiger partial charge in [0.1, 0.15) is 5.17 Å². The molecule has 0 N–H and O–H groups in total. The zero-order valence-electron chi connectivity index (χ0n) is 8.92. The van der Waals surface area contributed by atoms with Gasteiger partial charge < -0.3 is 4.90 Å². The van der Waals surface area contributed by atoms with E-state index in [1.165, 1.54) is 4.90 Å². The van der Waals surface area contributed by atoms with E-state index in [1.54, 1.807) is 0 Å². The summed E-state index contributed by atoms with van der Waals surface area (Å²) in [6.07, 6.45) is 1.06. The summed E-state index contributed by atoms with van der Waals surface area (Å²) in [6, 6.07) is 0. The van der Waals surface area contributed by atoms with Crippen molar-refractivity contribution < 1.29 is 9.63 Å². The van der Waals surface area contributed by atoms with Crippen LogP contribution in [0.2, 0.25) is 0 Å². The molecule has 0 aromatic heterocycles. The molecule has 0 aliphatic rings. The zero-order valence-corrected chi connectivity index (χ0v) is 9.67. The Morgan fingerprint density at radius 2 is 1.93 bits per heavy atom. The van der Waals surface area contributed by atoms with Crippen molar-refractivity contribution in [3.63, 3.8) is 0 Å². The lowest BCUT2D eigenvalue weighted by atomic mass is 10.4. The van der Waals surface area contributed by atoms with Crippen LogP contribution in [0.3, 0.4) is 0 Å². The van der Waals surface area contributed by atoms with E-state index >= 15 is 0 Å². The van der Waals surface area contributed by atoms with Crippen LogP contribution in [0.15, 0.2) is 5.16 Å². The third-order valence-corrected chi connectivity index (χ3v) is 1.96. The first-order valence-electron chi connectivity index (χ1n) is 4.83. The van der Waals surface area contributed by atoms with Gasteiger partial charge in [0.05, 0.1) is 0 Å². The van der Waals surface area contributed by atoms with E-state index in [0.29, 0.717) is 24.7 Å². The summed E-state index contributed by atoms with van der Waals surface area (Å²) in [5.41, 5.74) is 0.